The summed E-state index contributed by atoms with van der Waals surface area (Å²) in [7, 11) is 1.78. The molecule has 1 heterocycles. The van der Waals surface area contributed by atoms with Crippen molar-refractivity contribution >= 4 is 5.96 Å². The normalized spacial score (nSPS) is 20.1. The SMILES string of the molecule is CCNC(=NCC1(CCOC)CC1)N1CCC(Oc2ccccc2)CC1. The molecule has 0 radical (unpaired) electrons. The van der Waals surface area contributed by atoms with E-state index in [0.717, 1.165) is 63.8 Å². The van der Waals surface area contributed by atoms with Gasteiger partial charge in [0.1, 0.15) is 11.9 Å². The van der Waals surface area contributed by atoms with Gasteiger partial charge in [-0.25, -0.2) is 0 Å². The summed E-state index contributed by atoms with van der Waals surface area (Å²) in [6.07, 6.45) is 6.06. The van der Waals surface area contributed by atoms with E-state index in [1.54, 1.807) is 7.11 Å². The van der Waals surface area contributed by atoms with Crippen LogP contribution in [0.15, 0.2) is 35.3 Å². The summed E-state index contributed by atoms with van der Waals surface area (Å²) >= 11 is 0. The lowest BCUT2D eigenvalue weighted by Crippen LogP contribution is -2.47. The molecule has 2 aliphatic rings. The van der Waals surface area contributed by atoms with Crippen LogP contribution in [0.5, 0.6) is 5.75 Å². The van der Waals surface area contributed by atoms with Crippen molar-refractivity contribution in [2.75, 3.05) is 39.9 Å². The lowest BCUT2D eigenvalue weighted by atomic mass is 10.0. The average Bonchev–Trinajstić information content (AvgIpc) is 3.45. The van der Waals surface area contributed by atoms with E-state index in [2.05, 4.69) is 17.1 Å². The Kier molecular flexibility index (Phi) is 6.78. The zero-order valence-corrected chi connectivity index (χ0v) is 16.2. The molecule has 0 atom stereocenters. The van der Waals surface area contributed by atoms with Crippen LogP contribution < -0.4 is 10.1 Å². The summed E-state index contributed by atoms with van der Waals surface area (Å²) in [6, 6.07) is 10.1. The number of nitrogens with one attached hydrogen (secondary N) is 1. The van der Waals surface area contributed by atoms with Crippen LogP contribution in [0.1, 0.15) is 39.0 Å². The number of nitrogens with zero attached hydrogens (tertiary/aromatic N) is 2. The standard InChI is InChI=1S/C21H33N3O2/c1-3-22-20(23-17-21(11-12-21)13-16-25-2)24-14-9-19(10-15-24)26-18-7-5-4-6-8-18/h4-8,19H,3,9-17H2,1-2H3,(H,22,23). The summed E-state index contributed by atoms with van der Waals surface area (Å²) in [5, 5.41) is 3.48. The monoisotopic (exact) mass is 359 g/mol. The largest absolute Gasteiger partial charge is 0.490 e. The molecule has 1 saturated heterocycles. The number of rotatable bonds is 8. The molecule has 1 aromatic carbocycles. The Balaban J connectivity index is 1.50. The summed E-state index contributed by atoms with van der Waals surface area (Å²) in [6.45, 7) is 6.79. The number of hydrogen-bond acceptors (Lipinski definition) is 3. The van der Waals surface area contributed by atoms with E-state index in [4.69, 9.17) is 14.5 Å². The van der Waals surface area contributed by atoms with Crippen molar-refractivity contribution in [3.05, 3.63) is 30.3 Å². The third-order valence-corrected chi connectivity index (χ3v) is 5.48. The van der Waals surface area contributed by atoms with E-state index in [1.165, 1.54) is 12.8 Å². The zero-order chi connectivity index (χ0) is 18.2. The minimum atomic E-state index is 0.299. The summed E-state index contributed by atoms with van der Waals surface area (Å²) in [4.78, 5) is 7.36. The number of methoxy groups -OCH3 is 1. The van der Waals surface area contributed by atoms with Crippen molar-refractivity contribution in [3.8, 4) is 5.75 Å². The molecule has 144 valence electrons. The van der Waals surface area contributed by atoms with Gasteiger partial charge in [0, 0.05) is 52.7 Å². The highest BCUT2D eigenvalue weighted by Gasteiger charge is 2.42. The molecule has 0 amide bonds. The molecule has 1 saturated carbocycles. The summed E-state index contributed by atoms with van der Waals surface area (Å²) < 4.78 is 11.4. The van der Waals surface area contributed by atoms with Crippen molar-refractivity contribution in [1.29, 1.82) is 0 Å². The van der Waals surface area contributed by atoms with Gasteiger partial charge in [0.2, 0.25) is 0 Å². The highest BCUT2D eigenvalue weighted by Crippen LogP contribution is 2.49. The smallest absolute Gasteiger partial charge is 0.193 e. The molecule has 0 aromatic heterocycles. The van der Waals surface area contributed by atoms with Crippen LogP contribution in [0.3, 0.4) is 0 Å². The van der Waals surface area contributed by atoms with Gasteiger partial charge < -0.3 is 19.7 Å². The lowest BCUT2D eigenvalue weighted by Gasteiger charge is -2.34. The zero-order valence-electron chi connectivity index (χ0n) is 16.2. The van der Waals surface area contributed by atoms with Gasteiger partial charge in [0.05, 0.1) is 0 Å². The van der Waals surface area contributed by atoms with Gasteiger partial charge in [-0.1, -0.05) is 18.2 Å². The summed E-state index contributed by atoms with van der Waals surface area (Å²) in [5.74, 6) is 2.04. The molecule has 1 N–H and O–H groups in total. The van der Waals surface area contributed by atoms with Crippen LogP contribution in [-0.2, 0) is 4.74 Å². The molecule has 3 rings (SSSR count). The van der Waals surface area contributed by atoms with E-state index in [-0.39, 0.29) is 0 Å². The predicted octanol–water partition coefficient (Wildman–Crippen LogP) is 3.31. The van der Waals surface area contributed by atoms with Crippen LogP contribution in [-0.4, -0.2) is 56.9 Å². The second-order valence-electron chi connectivity index (χ2n) is 7.53. The number of likely N-dealkylation sites (tertiary alicyclic amines) is 1. The maximum Gasteiger partial charge on any atom is 0.193 e. The van der Waals surface area contributed by atoms with Crippen LogP contribution >= 0.6 is 0 Å². The van der Waals surface area contributed by atoms with Crippen LogP contribution in [0, 0.1) is 5.41 Å². The van der Waals surface area contributed by atoms with Gasteiger partial charge in [0.25, 0.3) is 0 Å². The molecule has 5 nitrogen and oxygen atoms in total. The molecule has 5 heteroatoms. The maximum atomic E-state index is 6.11. The molecule has 0 spiro atoms. The number of para-hydroxylation sites is 1. The van der Waals surface area contributed by atoms with Crippen molar-refractivity contribution in [2.45, 2.75) is 45.1 Å². The number of ether oxygens (including phenoxy) is 2. The topological polar surface area (TPSA) is 46.1 Å². The first-order valence-electron chi connectivity index (χ1n) is 9.98. The van der Waals surface area contributed by atoms with Gasteiger partial charge in [-0.05, 0) is 43.7 Å². The lowest BCUT2D eigenvalue weighted by molar-refractivity contribution is 0.129. The molecule has 1 aromatic rings. The second kappa shape index (κ2) is 9.26. The quantitative estimate of drug-likeness (QED) is 0.571. The number of benzene rings is 1. The first-order chi connectivity index (χ1) is 12.7. The Hall–Kier alpha value is -1.75. The summed E-state index contributed by atoms with van der Waals surface area (Å²) in [5.41, 5.74) is 0.394. The fraction of sp³-hybridized carbons (Fsp3) is 0.667. The van der Waals surface area contributed by atoms with Crippen molar-refractivity contribution in [2.24, 2.45) is 10.4 Å². The van der Waals surface area contributed by atoms with E-state index in [0.29, 0.717) is 11.5 Å². The minimum Gasteiger partial charge on any atom is -0.490 e. The Morgan fingerprint density at radius 1 is 1.23 bits per heavy atom. The predicted molar refractivity (Wildman–Crippen MR) is 106 cm³/mol. The first-order valence-corrected chi connectivity index (χ1v) is 9.98. The molecule has 1 aliphatic carbocycles. The Morgan fingerprint density at radius 3 is 2.58 bits per heavy atom. The van der Waals surface area contributed by atoms with Crippen LogP contribution in [0.2, 0.25) is 0 Å². The highest BCUT2D eigenvalue weighted by molar-refractivity contribution is 5.80. The van der Waals surface area contributed by atoms with Gasteiger partial charge >= 0.3 is 0 Å². The molecule has 2 fully saturated rings. The molecular weight excluding hydrogens is 326 g/mol. The fourth-order valence-electron chi connectivity index (χ4n) is 3.53. The fourth-order valence-corrected chi connectivity index (χ4v) is 3.53. The van der Waals surface area contributed by atoms with E-state index >= 15 is 0 Å². The van der Waals surface area contributed by atoms with Gasteiger partial charge in [0.15, 0.2) is 5.96 Å². The first kappa shape index (κ1) is 19.0. The van der Waals surface area contributed by atoms with Crippen LogP contribution in [0.4, 0.5) is 0 Å². The average molecular weight is 360 g/mol. The molecule has 0 bridgehead atoms. The third-order valence-electron chi connectivity index (χ3n) is 5.48. The third kappa shape index (κ3) is 5.37. The minimum absolute atomic E-state index is 0.299. The maximum absolute atomic E-state index is 6.11. The number of guanidine groups is 1. The van der Waals surface area contributed by atoms with Gasteiger partial charge in [-0.15, -0.1) is 0 Å². The van der Waals surface area contributed by atoms with Crippen LogP contribution in [0.25, 0.3) is 0 Å². The second-order valence-corrected chi connectivity index (χ2v) is 7.53. The molecule has 1 aliphatic heterocycles. The number of hydrogen-bond donors (Lipinski definition) is 1. The molecule has 26 heavy (non-hydrogen) atoms. The van der Waals surface area contributed by atoms with Crippen molar-refractivity contribution in [1.82, 2.24) is 10.2 Å². The van der Waals surface area contributed by atoms with Crippen molar-refractivity contribution in [3.63, 3.8) is 0 Å². The highest BCUT2D eigenvalue weighted by atomic mass is 16.5. The van der Waals surface area contributed by atoms with E-state index in [9.17, 15) is 0 Å². The van der Waals surface area contributed by atoms with E-state index < -0.39 is 0 Å². The van der Waals surface area contributed by atoms with E-state index in [1.807, 2.05) is 30.3 Å². The molecule has 0 unspecified atom stereocenters. The Labute approximate surface area is 157 Å². The van der Waals surface area contributed by atoms with Crippen molar-refractivity contribution < 1.29 is 9.47 Å². The van der Waals surface area contributed by atoms with Gasteiger partial charge in [-0.3, -0.25) is 4.99 Å². The molecular formula is C21H33N3O2. The number of aliphatic imine (C=N–C) groups is 1. The Morgan fingerprint density at radius 2 is 1.96 bits per heavy atom. The Bertz CT molecular complexity index is 564. The number of piperidine rings is 1. The van der Waals surface area contributed by atoms with Gasteiger partial charge in [-0.2, -0.15) is 0 Å².